The van der Waals surface area contributed by atoms with Crippen LogP contribution in [0.3, 0.4) is 0 Å². The van der Waals surface area contributed by atoms with Crippen molar-refractivity contribution in [3.8, 4) is 0 Å². The summed E-state index contributed by atoms with van der Waals surface area (Å²) in [5.74, 6) is 0.703. The zero-order chi connectivity index (χ0) is 12.0. The summed E-state index contributed by atoms with van der Waals surface area (Å²) in [6.45, 7) is 4.43. The minimum absolute atomic E-state index is 0.327. The van der Waals surface area contributed by atoms with E-state index in [1.54, 1.807) is 0 Å². The molecule has 0 amide bonds. The molecule has 0 aromatic heterocycles. The van der Waals surface area contributed by atoms with E-state index < -0.39 is 7.60 Å². The summed E-state index contributed by atoms with van der Waals surface area (Å²) in [7, 11) is -2.90. The van der Waals surface area contributed by atoms with Crippen LogP contribution in [0.5, 0.6) is 0 Å². The third-order valence-corrected chi connectivity index (χ3v) is 4.92. The Morgan fingerprint density at radius 1 is 1.31 bits per heavy atom. The normalized spacial score (nSPS) is 21.6. The van der Waals surface area contributed by atoms with E-state index in [0.717, 1.165) is 12.8 Å². The minimum Gasteiger partial charge on any atom is -0.309 e. The van der Waals surface area contributed by atoms with Gasteiger partial charge in [0.2, 0.25) is 0 Å². The van der Waals surface area contributed by atoms with Crippen molar-refractivity contribution in [2.75, 3.05) is 19.4 Å². The lowest BCUT2D eigenvalue weighted by Crippen LogP contribution is -2.04. The van der Waals surface area contributed by atoms with Crippen molar-refractivity contribution in [2.24, 2.45) is 5.92 Å². The molecule has 0 heterocycles. The molecule has 0 aliphatic heterocycles. The van der Waals surface area contributed by atoms with Gasteiger partial charge in [-0.2, -0.15) is 0 Å². The summed E-state index contributed by atoms with van der Waals surface area (Å²) in [5.41, 5.74) is 0. The van der Waals surface area contributed by atoms with Crippen molar-refractivity contribution < 1.29 is 18.4 Å². The van der Waals surface area contributed by atoms with Crippen molar-refractivity contribution in [1.29, 1.82) is 0 Å². The topological polar surface area (TPSA) is 52.6 Å². The molecule has 1 unspecified atom stereocenters. The first-order valence-electron chi connectivity index (χ1n) is 5.99. The van der Waals surface area contributed by atoms with Crippen molar-refractivity contribution in [3.05, 3.63) is 0 Å². The van der Waals surface area contributed by atoms with Crippen LogP contribution in [0.2, 0.25) is 0 Å². The number of ketones is 1. The molecule has 5 heteroatoms. The fourth-order valence-electron chi connectivity index (χ4n) is 2.04. The second-order valence-corrected chi connectivity index (χ2v) is 6.29. The quantitative estimate of drug-likeness (QED) is 0.650. The largest absolute Gasteiger partial charge is 0.330 e. The molecule has 0 radical (unpaired) electrons. The molecule has 0 spiro atoms. The number of rotatable bonds is 7. The van der Waals surface area contributed by atoms with E-state index in [0.29, 0.717) is 43.9 Å². The van der Waals surface area contributed by atoms with Gasteiger partial charge in [-0.15, -0.1) is 0 Å². The standard InChI is InChI=1S/C11H21O4P/c1-3-14-16(13,15-4-2)8-7-10-5-6-11(12)9-10/h10H,3-9H2,1-2H3. The average Bonchev–Trinajstić information content (AvgIpc) is 2.62. The van der Waals surface area contributed by atoms with Crippen molar-refractivity contribution in [3.63, 3.8) is 0 Å². The van der Waals surface area contributed by atoms with Crippen LogP contribution in [0.1, 0.15) is 39.5 Å². The molecule has 1 fully saturated rings. The van der Waals surface area contributed by atoms with E-state index >= 15 is 0 Å². The third-order valence-electron chi connectivity index (χ3n) is 2.81. The zero-order valence-electron chi connectivity index (χ0n) is 10.1. The number of carbonyl (C=O) groups is 1. The molecule has 1 atom stereocenters. The summed E-state index contributed by atoms with van der Waals surface area (Å²) >= 11 is 0. The molecule has 0 N–H and O–H groups in total. The summed E-state index contributed by atoms with van der Waals surface area (Å²) in [6.07, 6.45) is 3.45. The van der Waals surface area contributed by atoms with Gasteiger partial charge in [0.05, 0.1) is 19.4 Å². The van der Waals surface area contributed by atoms with Gasteiger partial charge < -0.3 is 9.05 Å². The fourth-order valence-corrected chi connectivity index (χ4v) is 3.84. The monoisotopic (exact) mass is 248 g/mol. The van der Waals surface area contributed by atoms with E-state index in [1.807, 2.05) is 13.8 Å². The number of hydrogen-bond acceptors (Lipinski definition) is 4. The molecular weight excluding hydrogens is 227 g/mol. The van der Waals surface area contributed by atoms with Gasteiger partial charge in [-0.3, -0.25) is 9.36 Å². The van der Waals surface area contributed by atoms with Crippen LogP contribution in [0.15, 0.2) is 0 Å². The third kappa shape index (κ3) is 4.36. The average molecular weight is 248 g/mol. The Morgan fingerprint density at radius 2 is 1.94 bits per heavy atom. The smallest absolute Gasteiger partial charge is 0.309 e. The molecule has 1 saturated carbocycles. The van der Waals surface area contributed by atoms with Crippen LogP contribution in [0.25, 0.3) is 0 Å². The second kappa shape index (κ2) is 6.53. The first kappa shape index (κ1) is 13.9. The Balaban J connectivity index is 2.37. The van der Waals surface area contributed by atoms with Gasteiger partial charge in [0.15, 0.2) is 0 Å². The first-order chi connectivity index (χ1) is 7.59. The molecule has 94 valence electrons. The second-order valence-electron chi connectivity index (χ2n) is 4.11. The van der Waals surface area contributed by atoms with Crippen molar-refractivity contribution in [1.82, 2.24) is 0 Å². The summed E-state index contributed by atoms with van der Waals surface area (Å²) < 4.78 is 22.5. The Morgan fingerprint density at radius 3 is 2.38 bits per heavy atom. The van der Waals surface area contributed by atoms with Gasteiger partial charge in [-0.1, -0.05) is 0 Å². The zero-order valence-corrected chi connectivity index (χ0v) is 11.0. The molecule has 1 rings (SSSR count). The molecular formula is C11H21O4P. The Labute approximate surface area is 97.2 Å². The highest BCUT2D eigenvalue weighted by Crippen LogP contribution is 2.49. The number of Topliss-reactive ketones (excluding diaryl/α,β-unsaturated/α-hetero) is 1. The Bertz CT molecular complexity index is 267. The van der Waals surface area contributed by atoms with E-state index in [-0.39, 0.29) is 0 Å². The van der Waals surface area contributed by atoms with E-state index in [2.05, 4.69) is 0 Å². The van der Waals surface area contributed by atoms with Crippen LogP contribution >= 0.6 is 7.60 Å². The molecule has 1 aliphatic rings. The molecule has 0 saturated heterocycles. The van der Waals surface area contributed by atoms with E-state index in [1.165, 1.54) is 0 Å². The van der Waals surface area contributed by atoms with Gasteiger partial charge in [0.25, 0.3) is 0 Å². The van der Waals surface area contributed by atoms with Gasteiger partial charge in [-0.25, -0.2) is 0 Å². The van der Waals surface area contributed by atoms with Crippen LogP contribution in [-0.4, -0.2) is 25.2 Å². The lowest BCUT2D eigenvalue weighted by atomic mass is 10.1. The SMILES string of the molecule is CCOP(=O)(CCC1CCC(=O)C1)OCC. The van der Waals surface area contributed by atoms with Crippen LogP contribution in [0.4, 0.5) is 0 Å². The van der Waals surface area contributed by atoms with Crippen LogP contribution in [0, 0.1) is 5.92 Å². The molecule has 0 bridgehead atoms. The first-order valence-corrected chi connectivity index (χ1v) is 7.72. The van der Waals surface area contributed by atoms with Gasteiger partial charge in [-0.05, 0) is 32.6 Å². The molecule has 0 aromatic carbocycles. The highest BCUT2D eigenvalue weighted by molar-refractivity contribution is 7.53. The van der Waals surface area contributed by atoms with Crippen molar-refractivity contribution in [2.45, 2.75) is 39.5 Å². The predicted octanol–water partition coefficient (Wildman–Crippen LogP) is 3.01. The Kier molecular flexibility index (Phi) is 5.67. The molecule has 0 aromatic rings. The minimum atomic E-state index is -2.90. The summed E-state index contributed by atoms with van der Waals surface area (Å²) in [4.78, 5) is 11.1. The van der Waals surface area contributed by atoms with Gasteiger partial charge in [0, 0.05) is 12.8 Å². The molecule has 4 nitrogen and oxygen atoms in total. The molecule has 1 aliphatic carbocycles. The van der Waals surface area contributed by atoms with Crippen LogP contribution in [-0.2, 0) is 18.4 Å². The lowest BCUT2D eigenvalue weighted by molar-refractivity contribution is -0.117. The van der Waals surface area contributed by atoms with Crippen molar-refractivity contribution >= 4 is 13.4 Å². The van der Waals surface area contributed by atoms with Gasteiger partial charge in [0.1, 0.15) is 5.78 Å². The van der Waals surface area contributed by atoms with Gasteiger partial charge >= 0.3 is 7.60 Å². The van der Waals surface area contributed by atoms with E-state index in [4.69, 9.17) is 9.05 Å². The van der Waals surface area contributed by atoms with Crippen LogP contribution < -0.4 is 0 Å². The fraction of sp³-hybridized carbons (Fsp3) is 0.909. The summed E-state index contributed by atoms with van der Waals surface area (Å²) in [6, 6.07) is 0. The number of hydrogen-bond donors (Lipinski definition) is 0. The highest BCUT2D eigenvalue weighted by Gasteiger charge is 2.28. The summed E-state index contributed by atoms with van der Waals surface area (Å²) in [5, 5.41) is 0. The predicted molar refractivity (Wildman–Crippen MR) is 62.7 cm³/mol. The van der Waals surface area contributed by atoms with E-state index in [9.17, 15) is 9.36 Å². The maximum atomic E-state index is 12.1. The Hall–Kier alpha value is -0.180. The lowest BCUT2D eigenvalue weighted by Gasteiger charge is -2.18. The molecule has 16 heavy (non-hydrogen) atoms. The maximum Gasteiger partial charge on any atom is 0.330 e. The number of carbonyl (C=O) groups excluding carboxylic acids is 1. The highest BCUT2D eigenvalue weighted by atomic mass is 31.2. The maximum absolute atomic E-state index is 12.1.